The zero-order valence-electron chi connectivity index (χ0n) is 18.0. The largest absolute Gasteiger partial charge is 0.341 e. The lowest BCUT2D eigenvalue weighted by atomic mass is 10.2. The second kappa shape index (κ2) is 10.9. The quantitative estimate of drug-likeness (QED) is 0.551. The molecule has 0 aliphatic carbocycles. The molecule has 2 aromatic carbocycles. The van der Waals surface area contributed by atoms with Crippen LogP contribution in [0.2, 0.25) is 5.02 Å². The molecule has 0 radical (unpaired) electrons. The van der Waals surface area contributed by atoms with E-state index in [4.69, 9.17) is 11.6 Å². The molecule has 0 N–H and O–H groups in total. The fourth-order valence-corrected chi connectivity index (χ4v) is 5.38. The number of benzene rings is 2. The summed E-state index contributed by atoms with van der Waals surface area (Å²) in [5.41, 5.74) is 1.08. The Labute approximate surface area is 194 Å². The van der Waals surface area contributed by atoms with Gasteiger partial charge in [0.05, 0.1) is 4.90 Å². The molecule has 0 aromatic heterocycles. The van der Waals surface area contributed by atoms with Crippen molar-refractivity contribution >= 4 is 39.1 Å². The van der Waals surface area contributed by atoms with Gasteiger partial charge >= 0.3 is 0 Å². The first kappa shape index (κ1) is 24.1. The van der Waals surface area contributed by atoms with Gasteiger partial charge in [0.15, 0.2) is 9.84 Å². The Hall–Kier alpha value is -1.54. The van der Waals surface area contributed by atoms with Crippen LogP contribution in [-0.4, -0.2) is 61.8 Å². The first-order valence-corrected chi connectivity index (χ1v) is 13.6. The van der Waals surface area contributed by atoms with Crippen LogP contribution in [0.5, 0.6) is 0 Å². The fraction of sp³-hybridized carbons (Fsp3) is 0.435. The Bertz CT molecular complexity index is 979. The SMILES string of the molecule is CC(CC(=O)N1CCCN(Cc2ccc(S(C)(=O)=O)cc2)CC1)Sc1ccc(Cl)cc1. The zero-order valence-corrected chi connectivity index (χ0v) is 20.3. The molecule has 8 heteroatoms. The molecule has 1 amide bonds. The van der Waals surface area contributed by atoms with E-state index in [1.165, 1.54) is 6.26 Å². The van der Waals surface area contributed by atoms with Crippen molar-refractivity contribution in [3.8, 4) is 0 Å². The number of halogens is 1. The lowest BCUT2D eigenvalue weighted by Gasteiger charge is -2.23. The van der Waals surface area contributed by atoms with Crippen molar-refractivity contribution in [3.05, 3.63) is 59.1 Å². The molecule has 0 saturated carbocycles. The number of carbonyl (C=O) groups excluding carboxylic acids is 1. The first-order chi connectivity index (χ1) is 14.7. The predicted molar refractivity (Wildman–Crippen MR) is 127 cm³/mol. The molecule has 1 heterocycles. The van der Waals surface area contributed by atoms with Crippen LogP contribution in [0.3, 0.4) is 0 Å². The monoisotopic (exact) mass is 480 g/mol. The molecule has 5 nitrogen and oxygen atoms in total. The first-order valence-electron chi connectivity index (χ1n) is 10.4. The van der Waals surface area contributed by atoms with Gasteiger partial charge in [0, 0.05) is 60.6 Å². The molecule has 31 heavy (non-hydrogen) atoms. The predicted octanol–water partition coefficient (Wildman–Crippen LogP) is 4.35. The Morgan fingerprint density at radius 3 is 2.35 bits per heavy atom. The molecule has 168 valence electrons. The fourth-order valence-electron chi connectivity index (χ4n) is 3.64. The van der Waals surface area contributed by atoms with E-state index in [9.17, 15) is 13.2 Å². The number of sulfone groups is 1. The third-order valence-electron chi connectivity index (χ3n) is 5.31. The maximum atomic E-state index is 12.8. The van der Waals surface area contributed by atoms with Gasteiger partial charge in [0.2, 0.25) is 5.91 Å². The van der Waals surface area contributed by atoms with Crippen molar-refractivity contribution < 1.29 is 13.2 Å². The van der Waals surface area contributed by atoms with E-state index >= 15 is 0 Å². The van der Waals surface area contributed by atoms with Crippen LogP contribution in [0.1, 0.15) is 25.3 Å². The molecule has 1 saturated heterocycles. The molecule has 3 rings (SSSR count). The van der Waals surface area contributed by atoms with Gasteiger partial charge in [-0.15, -0.1) is 11.8 Å². The maximum absolute atomic E-state index is 12.8. The second-order valence-electron chi connectivity index (χ2n) is 8.01. The van der Waals surface area contributed by atoms with Crippen LogP contribution in [0, 0.1) is 0 Å². The van der Waals surface area contributed by atoms with Gasteiger partial charge in [-0.1, -0.05) is 30.7 Å². The third-order valence-corrected chi connectivity index (χ3v) is 7.81. The molecule has 1 aliphatic rings. The molecule has 2 aromatic rings. The molecular formula is C23H29ClN2O3S2. The second-order valence-corrected chi connectivity index (χ2v) is 12.0. The molecule has 1 unspecified atom stereocenters. The summed E-state index contributed by atoms with van der Waals surface area (Å²) in [5.74, 6) is 0.202. The average molecular weight is 481 g/mol. The van der Waals surface area contributed by atoms with E-state index in [0.29, 0.717) is 16.3 Å². The van der Waals surface area contributed by atoms with Crippen LogP contribution in [0.25, 0.3) is 0 Å². The lowest BCUT2D eigenvalue weighted by Crippen LogP contribution is -2.36. The number of hydrogen-bond acceptors (Lipinski definition) is 5. The Balaban J connectivity index is 1.48. The number of nitrogens with zero attached hydrogens (tertiary/aromatic N) is 2. The minimum atomic E-state index is -3.17. The van der Waals surface area contributed by atoms with E-state index in [-0.39, 0.29) is 11.2 Å². The number of hydrogen-bond donors (Lipinski definition) is 0. The summed E-state index contributed by atoms with van der Waals surface area (Å²) in [4.78, 5) is 18.6. The van der Waals surface area contributed by atoms with Crippen LogP contribution >= 0.6 is 23.4 Å². The van der Waals surface area contributed by atoms with E-state index < -0.39 is 9.84 Å². The van der Waals surface area contributed by atoms with Crippen molar-refractivity contribution in [1.29, 1.82) is 0 Å². The van der Waals surface area contributed by atoms with Gasteiger partial charge in [-0.05, 0) is 48.4 Å². The molecule has 1 aliphatic heterocycles. The van der Waals surface area contributed by atoms with Crippen LogP contribution in [0.15, 0.2) is 58.3 Å². The highest BCUT2D eigenvalue weighted by Crippen LogP contribution is 2.27. The summed E-state index contributed by atoms with van der Waals surface area (Å²) in [6.07, 6.45) is 2.67. The van der Waals surface area contributed by atoms with Gasteiger partial charge in [-0.25, -0.2) is 8.42 Å². The van der Waals surface area contributed by atoms with Crippen LogP contribution in [0.4, 0.5) is 0 Å². The van der Waals surface area contributed by atoms with E-state index in [0.717, 1.165) is 49.6 Å². The third kappa shape index (κ3) is 7.52. The van der Waals surface area contributed by atoms with Gasteiger partial charge in [0.25, 0.3) is 0 Å². The highest BCUT2D eigenvalue weighted by atomic mass is 35.5. The summed E-state index contributed by atoms with van der Waals surface area (Å²) in [7, 11) is -3.17. The van der Waals surface area contributed by atoms with Gasteiger partial charge in [0.1, 0.15) is 0 Å². The smallest absolute Gasteiger partial charge is 0.223 e. The Morgan fingerprint density at radius 2 is 1.71 bits per heavy atom. The molecule has 0 bridgehead atoms. The maximum Gasteiger partial charge on any atom is 0.223 e. The summed E-state index contributed by atoms with van der Waals surface area (Å²) >= 11 is 7.63. The highest BCUT2D eigenvalue weighted by Gasteiger charge is 2.21. The molecule has 1 fully saturated rings. The van der Waals surface area contributed by atoms with E-state index in [1.54, 1.807) is 23.9 Å². The van der Waals surface area contributed by atoms with Crippen molar-refractivity contribution in [2.75, 3.05) is 32.4 Å². The number of rotatable bonds is 7. The zero-order chi connectivity index (χ0) is 22.4. The minimum absolute atomic E-state index is 0.196. The van der Waals surface area contributed by atoms with Gasteiger partial charge in [-0.2, -0.15) is 0 Å². The summed E-state index contributed by atoms with van der Waals surface area (Å²) < 4.78 is 23.2. The van der Waals surface area contributed by atoms with Crippen LogP contribution in [-0.2, 0) is 21.2 Å². The molecular weight excluding hydrogens is 452 g/mol. The van der Waals surface area contributed by atoms with Crippen molar-refractivity contribution in [1.82, 2.24) is 9.80 Å². The number of carbonyl (C=O) groups is 1. The number of amides is 1. The summed E-state index contributed by atoms with van der Waals surface area (Å²) in [6.45, 7) is 6.08. The van der Waals surface area contributed by atoms with Crippen LogP contribution < -0.4 is 0 Å². The van der Waals surface area contributed by atoms with Gasteiger partial charge < -0.3 is 4.90 Å². The Morgan fingerprint density at radius 1 is 1.03 bits per heavy atom. The topological polar surface area (TPSA) is 57.7 Å². The minimum Gasteiger partial charge on any atom is -0.341 e. The normalized spacial score (nSPS) is 16.7. The lowest BCUT2D eigenvalue weighted by molar-refractivity contribution is -0.131. The average Bonchev–Trinajstić information content (AvgIpc) is 2.95. The van der Waals surface area contributed by atoms with Gasteiger partial charge in [-0.3, -0.25) is 9.69 Å². The van der Waals surface area contributed by atoms with E-state index in [1.807, 2.05) is 41.3 Å². The molecule has 0 spiro atoms. The number of thioether (sulfide) groups is 1. The van der Waals surface area contributed by atoms with Crippen molar-refractivity contribution in [3.63, 3.8) is 0 Å². The van der Waals surface area contributed by atoms with Crippen molar-refractivity contribution in [2.45, 2.75) is 41.4 Å². The summed E-state index contributed by atoms with van der Waals surface area (Å²) in [5, 5.41) is 0.912. The Kier molecular flexibility index (Phi) is 8.44. The van der Waals surface area contributed by atoms with E-state index in [2.05, 4.69) is 11.8 Å². The van der Waals surface area contributed by atoms with Crippen molar-refractivity contribution in [2.24, 2.45) is 0 Å². The highest BCUT2D eigenvalue weighted by molar-refractivity contribution is 8.00. The molecule has 1 atom stereocenters. The standard InChI is InChI=1S/C23H29ClN2O3S2/c1-18(30-21-8-6-20(24)7-9-21)16-23(27)26-13-3-12-25(14-15-26)17-19-4-10-22(11-5-19)31(2,28)29/h4-11,18H,3,12-17H2,1-2H3. The summed E-state index contributed by atoms with van der Waals surface area (Å²) in [6, 6.07) is 14.8.